The number of carbonyl (C=O) groups is 2. The van der Waals surface area contributed by atoms with Crippen molar-refractivity contribution in [1.82, 2.24) is 4.90 Å². The minimum atomic E-state index is -1.16. The highest BCUT2D eigenvalue weighted by molar-refractivity contribution is 5.90. The van der Waals surface area contributed by atoms with Crippen molar-refractivity contribution in [3.05, 3.63) is 12.2 Å². The first kappa shape index (κ1) is 13.6. The van der Waals surface area contributed by atoms with Gasteiger partial charge in [-0.2, -0.15) is 0 Å². The highest BCUT2D eigenvalue weighted by Gasteiger charge is 2.01. The predicted molar refractivity (Wildman–Crippen MR) is 55.5 cm³/mol. The van der Waals surface area contributed by atoms with E-state index in [0.717, 1.165) is 25.2 Å². The van der Waals surface area contributed by atoms with E-state index in [1.165, 1.54) is 0 Å². The van der Waals surface area contributed by atoms with Crippen molar-refractivity contribution in [2.75, 3.05) is 26.2 Å². The molecule has 0 rings (SSSR count). The van der Waals surface area contributed by atoms with E-state index >= 15 is 0 Å². The SMILES string of the molecule is CCN(CC)CCOC(=O)/C=C/C(=O)O. The summed E-state index contributed by atoms with van der Waals surface area (Å²) < 4.78 is 4.80. The van der Waals surface area contributed by atoms with Crippen LogP contribution in [0.2, 0.25) is 0 Å². The third-order valence-corrected chi connectivity index (χ3v) is 1.91. The summed E-state index contributed by atoms with van der Waals surface area (Å²) in [6.07, 6.45) is 1.67. The smallest absolute Gasteiger partial charge is 0.331 e. The molecule has 0 unspecified atom stereocenters. The van der Waals surface area contributed by atoms with E-state index in [0.29, 0.717) is 6.54 Å². The Balaban J connectivity index is 3.67. The lowest BCUT2D eigenvalue weighted by atomic mass is 10.5. The lowest BCUT2D eigenvalue weighted by Gasteiger charge is -2.16. The van der Waals surface area contributed by atoms with Gasteiger partial charge in [0.05, 0.1) is 0 Å². The molecule has 5 heteroatoms. The van der Waals surface area contributed by atoms with Gasteiger partial charge in [0.1, 0.15) is 6.61 Å². The van der Waals surface area contributed by atoms with Crippen LogP contribution in [0.1, 0.15) is 13.8 Å². The normalized spacial score (nSPS) is 10.9. The molecule has 0 aromatic heterocycles. The largest absolute Gasteiger partial charge is 0.478 e. The highest BCUT2D eigenvalue weighted by Crippen LogP contribution is 1.88. The Labute approximate surface area is 89.3 Å². The molecule has 0 heterocycles. The van der Waals surface area contributed by atoms with Crippen LogP contribution in [0.15, 0.2) is 12.2 Å². The van der Waals surface area contributed by atoms with Crippen LogP contribution in [-0.2, 0) is 14.3 Å². The number of carbonyl (C=O) groups excluding carboxylic acids is 1. The summed E-state index contributed by atoms with van der Waals surface area (Å²) in [5, 5.41) is 8.25. The van der Waals surface area contributed by atoms with Crippen molar-refractivity contribution in [3.63, 3.8) is 0 Å². The summed E-state index contributed by atoms with van der Waals surface area (Å²) >= 11 is 0. The zero-order valence-corrected chi connectivity index (χ0v) is 9.10. The van der Waals surface area contributed by atoms with Crippen molar-refractivity contribution in [2.24, 2.45) is 0 Å². The average molecular weight is 215 g/mol. The Morgan fingerprint density at radius 3 is 2.33 bits per heavy atom. The second kappa shape index (κ2) is 7.99. The molecule has 15 heavy (non-hydrogen) atoms. The molecule has 5 nitrogen and oxygen atoms in total. The molecule has 0 atom stereocenters. The summed E-state index contributed by atoms with van der Waals surface area (Å²) in [5.41, 5.74) is 0. The van der Waals surface area contributed by atoms with Crippen LogP contribution in [0, 0.1) is 0 Å². The summed E-state index contributed by atoms with van der Waals surface area (Å²) in [6, 6.07) is 0. The number of nitrogens with zero attached hydrogens (tertiary/aromatic N) is 1. The molecule has 86 valence electrons. The maximum Gasteiger partial charge on any atom is 0.331 e. The summed E-state index contributed by atoms with van der Waals surface area (Å²) in [5.74, 6) is -1.78. The fourth-order valence-electron chi connectivity index (χ4n) is 1.00. The number of likely N-dealkylation sites (N-methyl/N-ethyl adjacent to an activating group) is 1. The monoisotopic (exact) mass is 215 g/mol. The van der Waals surface area contributed by atoms with E-state index in [2.05, 4.69) is 4.90 Å². The number of carboxylic acid groups (broad SMARTS) is 1. The van der Waals surface area contributed by atoms with Crippen LogP contribution in [0.4, 0.5) is 0 Å². The number of ether oxygens (including phenoxy) is 1. The molecule has 0 aliphatic carbocycles. The van der Waals surface area contributed by atoms with Crippen LogP contribution < -0.4 is 0 Å². The van der Waals surface area contributed by atoms with E-state index in [1.54, 1.807) is 0 Å². The van der Waals surface area contributed by atoms with Crippen molar-refractivity contribution in [3.8, 4) is 0 Å². The fraction of sp³-hybridized carbons (Fsp3) is 0.600. The van der Waals surface area contributed by atoms with Gasteiger partial charge in [0, 0.05) is 18.7 Å². The van der Waals surface area contributed by atoms with Gasteiger partial charge in [-0.3, -0.25) is 0 Å². The van der Waals surface area contributed by atoms with Crippen LogP contribution in [0.25, 0.3) is 0 Å². The molecule has 1 N–H and O–H groups in total. The third kappa shape index (κ3) is 7.69. The van der Waals surface area contributed by atoms with E-state index in [9.17, 15) is 9.59 Å². The maximum absolute atomic E-state index is 10.9. The van der Waals surface area contributed by atoms with Gasteiger partial charge in [-0.25, -0.2) is 9.59 Å². The van der Waals surface area contributed by atoms with Gasteiger partial charge in [0.2, 0.25) is 0 Å². The maximum atomic E-state index is 10.9. The second-order valence-electron chi connectivity index (χ2n) is 2.87. The van der Waals surface area contributed by atoms with Crippen molar-refractivity contribution in [1.29, 1.82) is 0 Å². The predicted octanol–water partition coefficient (Wildman–Crippen LogP) is 0.512. The van der Waals surface area contributed by atoms with E-state index in [4.69, 9.17) is 9.84 Å². The lowest BCUT2D eigenvalue weighted by Crippen LogP contribution is -2.27. The number of carboxylic acids is 1. The first-order chi connectivity index (χ1) is 7.10. The molecule has 0 bridgehead atoms. The quantitative estimate of drug-likeness (QED) is 0.495. The minimum Gasteiger partial charge on any atom is -0.478 e. The number of hydrogen-bond donors (Lipinski definition) is 1. The van der Waals surface area contributed by atoms with E-state index in [1.807, 2.05) is 13.8 Å². The fourth-order valence-corrected chi connectivity index (χ4v) is 1.00. The first-order valence-corrected chi connectivity index (χ1v) is 4.90. The number of esters is 1. The van der Waals surface area contributed by atoms with Gasteiger partial charge in [-0.05, 0) is 13.1 Å². The number of hydrogen-bond acceptors (Lipinski definition) is 4. The minimum absolute atomic E-state index is 0.282. The third-order valence-electron chi connectivity index (χ3n) is 1.91. The molecule has 0 aromatic rings. The Morgan fingerprint density at radius 2 is 1.87 bits per heavy atom. The van der Waals surface area contributed by atoms with Gasteiger partial charge in [-0.15, -0.1) is 0 Å². The Morgan fingerprint density at radius 1 is 1.27 bits per heavy atom. The van der Waals surface area contributed by atoms with Gasteiger partial charge >= 0.3 is 11.9 Å². The Hall–Kier alpha value is -1.36. The summed E-state index contributed by atoms with van der Waals surface area (Å²) in [7, 11) is 0. The molecule has 0 aliphatic heterocycles. The van der Waals surface area contributed by atoms with Crippen molar-refractivity contribution in [2.45, 2.75) is 13.8 Å². The lowest BCUT2D eigenvalue weighted by molar-refractivity contribution is -0.139. The molecule has 0 radical (unpaired) electrons. The Kier molecular flexibility index (Phi) is 7.27. The molecule has 0 saturated carbocycles. The second-order valence-corrected chi connectivity index (χ2v) is 2.87. The van der Waals surface area contributed by atoms with Gasteiger partial charge in [-0.1, -0.05) is 13.8 Å². The van der Waals surface area contributed by atoms with Gasteiger partial charge in [0.15, 0.2) is 0 Å². The van der Waals surface area contributed by atoms with E-state index < -0.39 is 11.9 Å². The van der Waals surface area contributed by atoms with Gasteiger partial charge in [0.25, 0.3) is 0 Å². The van der Waals surface area contributed by atoms with Crippen LogP contribution >= 0.6 is 0 Å². The number of rotatable bonds is 7. The van der Waals surface area contributed by atoms with Crippen molar-refractivity contribution >= 4 is 11.9 Å². The highest BCUT2D eigenvalue weighted by atomic mass is 16.5. The van der Waals surface area contributed by atoms with Crippen molar-refractivity contribution < 1.29 is 19.4 Å². The summed E-state index contributed by atoms with van der Waals surface area (Å²) in [4.78, 5) is 23.1. The molecular weight excluding hydrogens is 198 g/mol. The standard InChI is InChI=1S/C10H17NO4/c1-3-11(4-2)7-8-15-10(14)6-5-9(12)13/h5-6H,3-4,7-8H2,1-2H3,(H,12,13)/b6-5+. The molecule has 0 aromatic carbocycles. The number of aliphatic carboxylic acids is 1. The zero-order chi connectivity index (χ0) is 11.7. The van der Waals surface area contributed by atoms with Crippen LogP contribution in [-0.4, -0.2) is 48.2 Å². The molecule has 0 aliphatic rings. The molecule has 0 saturated heterocycles. The Bertz CT molecular complexity index is 234. The summed E-state index contributed by atoms with van der Waals surface area (Å²) in [6.45, 7) is 6.80. The molecule has 0 amide bonds. The van der Waals surface area contributed by atoms with Crippen LogP contribution in [0.3, 0.4) is 0 Å². The van der Waals surface area contributed by atoms with Crippen LogP contribution in [0.5, 0.6) is 0 Å². The molecule has 0 spiro atoms. The van der Waals surface area contributed by atoms with E-state index in [-0.39, 0.29) is 6.61 Å². The zero-order valence-electron chi connectivity index (χ0n) is 9.10. The molecule has 0 fully saturated rings. The molecular formula is C10H17NO4. The average Bonchev–Trinajstić information content (AvgIpc) is 2.21. The topological polar surface area (TPSA) is 66.8 Å². The van der Waals surface area contributed by atoms with Gasteiger partial charge < -0.3 is 14.7 Å². The first-order valence-electron chi connectivity index (χ1n) is 4.90.